The smallest absolute Gasteiger partial charge is 0.414 e. The van der Waals surface area contributed by atoms with Gasteiger partial charge in [-0.25, -0.2) is 44.0 Å². The zero-order valence-electron chi connectivity index (χ0n) is 26.9. The van der Waals surface area contributed by atoms with E-state index in [-0.39, 0.29) is 41.9 Å². The molecular weight excluding hydrogens is 708 g/mol. The molecule has 0 aliphatic carbocycles. The molecule has 3 aromatic carbocycles. The lowest BCUT2D eigenvalue weighted by Gasteiger charge is -2.30. The Kier molecular flexibility index (Phi) is 10.5. The van der Waals surface area contributed by atoms with Gasteiger partial charge in [0, 0.05) is 11.8 Å². The standard InChI is InChI=1S/C17H16FNO5S.C16H18F3NO4S/c1-25(22,23)14-5-2-11(3-6-14)15-7-4-12(8-16(15)18)19-9-13(10-20)24-17(19)21;1-2-11-9-20(15(21)24-11)10-7-12(17)14(13(18)8-10)16(19)3-5-25(22,23)6-4-16/h2-8,13,20H,9-10H2,1H3;7-8,11H,2-6,9H2,1H3/t13-;11-/m10/s1. The number of alkyl halides is 1. The summed E-state index contributed by atoms with van der Waals surface area (Å²) in [5, 5.41) is 9.05. The molecule has 270 valence electrons. The highest BCUT2D eigenvalue weighted by atomic mass is 32.2. The van der Waals surface area contributed by atoms with Crippen molar-refractivity contribution in [3.63, 3.8) is 0 Å². The summed E-state index contributed by atoms with van der Waals surface area (Å²) in [5.74, 6) is -3.74. The van der Waals surface area contributed by atoms with Crippen LogP contribution in [0.1, 0.15) is 31.7 Å². The van der Waals surface area contributed by atoms with Gasteiger partial charge in [-0.15, -0.1) is 0 Å². The predicted molar refractivity (Wildman–Crippen MR) is 175 cm³/mol. The Bertz CT molecular complexity index is 1970. The first-order valence-electron chi connectivity index (χ1n) is 15.5. The van der Waals surface area contributed by atoms with E-state index < -0.39 is 91.0 Å². The lowest BCUT2D eigenvalue weighted by Crippen LogP contribution is -2.35. The monoisotopic (exact) mass is 742 g/mol. The number of hydrogen-bond donors (Lipinski definition) is 1. The summed E-state index contributed by atoms with van der Waals surface area (Å²) in [5.41, 5.74) is -2.06. The molecule has 0 bridgehead atoms. The first kappa shape index (κ1) is 37.0. The average molecular weight is 743 g/mol. The molecule has 50 heavy (non-hydrogen) atoms. The van der Waals surface area contributed by atoms with E-state index in [1.807, 2.05) is 6.92 Å². The quantitative estimate of drug-likeness (QED) is 0.319. The molecule has 3 aliphatic rings. The van der Waals surface area contributed by atoms with Crippen LogP contribution in [0.3, 0.4) is 0 Å². The summed E-state index contributed by atoms with van der Waals surface area (Å²) < 4.78 is 114. The number of anilines is 2. The molecule has 11 nitrogen and oxygen atoms in total. The highest BCUT2D eigenvalue weighted by molar-refractivity contribution is 7.91. The fourth-order valence-corrected chi connectivity index (χ4v) is 7.92. The fourth-order valence-electron chi connectivity index (χ4n) is 5.82. The van der Waals surface area contributed by atoms with Crippen molar-refractivity contribution in [1.82, 2.24) is 0 Å². The molecule has 0 radical (unpaired) electrons. The van der Waals surface area contributed by atoms with Crippen molar-refractivity contribution in [2.24, 2.45) is 0 Å². The summed E-state index contributed by atoms with van der Waals surface area (Å²) in [6.45, 7) is 1.83. The van der Waals surface area contributed by atoms with Crippen LogP contribution in [0.4, 0.5) is 38.5 Å². The number of carbonyl (C=O) groups is 2. The molecule has 1 N–H and O–H groups in total. The molecule has 0 aromatic heterocycles. The predicted octanol–water partition coefficient (Wildman–Crippen LogP) is 5.29. The Morgan fingerprint density at radius 1 is 0.840 bits per heavy atom. The SMILES string of the molecule is CC[C@H]1CN(c2cc(F)c(C3(F)CCS(=O)(=O)CC3)c(F)c2)C(=O)O1.CS(=O)(=O)c1ccc(-c2ccc(N3C[C@H](CO)OC3=O)cc2F)cc1. The second kappa shape index (κ2) is 14.2. The van der Waals surface area contributed by atoms with Crippen molar-refractivity contribution in [1.29, 1.82) is 0 Å². The molecule has 3 aliphatic heterocycles. The normalized spacial score (nSPS) is 21.3. The number of aliphatic hydroxyl groups is 1. The van der Waals surface area contributed by atoms with Crippen LogP contribution >= 0.6 is 0 Å². The summed E-state index contributed by atoms with van der Waals surface area (Å²) in [6, 6.07) is 12.0. The van der Waals surface area contributed by atoms with Crippen LogP contribution in [0, 0.1) is 17.5 Å². The van der Waals surface area contributed by atoms with E-state index in [9.17, 15) is 39.6 Å². The molecule has 0 saturated carbocycles. The second-order valence-electron chi connectivity index (χ2n) is 12.2. The minimum absolute atomic E-state index is 0.0493. The van der Waals surface area contributed by atoms with Crippen LogP contribution in [-0.4, -0.2) is 83.8 Å². The zero-order chi connectivity index (χ0) is 36.6. The maximum absolute atomic E-state index is 15.0. The highest BCUT2D eigenvalue weighted by Gasteiger charge is 2.43. The van der Waals surface area contributed by atoms with Crippen LogP contribution in [-0.2, 0) is 34.8 Å². The van der Waals surface area contributed by atoms with Gasteiger partial charge in [0.15, 0.2) is 19.7 Å². The number of cyclic esters (lactones) is 2. The molecule has 3 saturated heterocycles. The number of halogens is 4. The van der Waals surface area contributed by atoms with Gasteiger partial charge >= 0.3 is 12.2 Å². The van der Waals surface area contributed by atoms with Gasteiger partial charge in [0.2, 0.25) is 0 Å². The van der Waals surface area contributed by atoms with Crippen molar-refractivity contribution >= 4 is 43.2 Å². The Morgan fingerprint density at radius 3 is 1.84 bits per heavy atom. The van der Waals surface area contributed by atoms with Gasteiger partial charge in [-0.05, 0) is 67.3 Å². The third kappa shape index (κ3) is 7.89. The number of aliphatic hydroxyl groups excluding tert-OH is 1. The molecule has 3 aromatic rings. The van der Waals surface area contributed by atoms with Gasteiger partial charge in [-0.3, -0.25) is 9.80 Å². The van der Waals surface area contributed by atoms with Crippen LogP contribution in [0.25, 0.3) is 11.1 Å². The summed E-state index contributed by atoms with van der Waals surface area (Å²) in [6.07, 6.45) is -1.66. The molecule has 0 unspecified atom stereocenters. The van der Waals surface area contributed by atoms with Gasteiger partial charge in [0.1, 0.15) is 35.3 Å². The third-order valence-corrected chi connectivity index (χ3v) is 11.5. The number of rotatable bonds is 7. The molecule has 6 rings (SSSR count). The van der Waals surface area contributed by atoms with Crippen LogP contribution in [0.5, 0.6) is 0 Å². The van der Waals surface area contributed by atoms with Gasteiger partial charge in [0.05, 0.1) is 53.0 Å². The summed E-state index contributed by atoms with van der Waals surface area (Å²) >= 11 is 0. The Balaban J connectivity index is 0.000000194. The largest absolute Gasteiger partial charge is 0.444 e. The molecular formula is C33H34F4N2O9S2. The van der Waals surface area contributed by atoms with Crippen molar-refractivity contribution in [2.75, 3.05) is 47.3 Å². The molecule has 0 spiro atoms. The minimum Gasteiger partial charge on any atom is -0.444 e. The van der Waals surface area contributed by atoms with E-state index in [1.54, 1.807) is 6.07 Å². The Labute approximate surface area is 286 Å². The third-order valence-electron chi connectivity index (χ3n) is 8.67. The van der Waals surface area contributed by atoms with E-state index in [1.165, 1.54) is 41.3 Å². The lowest BCUT2D eigenvalue weighted by atomic mass is 9.89. The van der Waals surface area contributed by atoms with E-state index in [2.05, 4.69) is 0 Å². The zero-order valence-corrected chi connectivity index (χ0v) is 28.6. The Morgan fingerprint density at radius 2 is 1.36 bits per heavy atom. The van der Waals surface area contributed by atoms with Gasteiger partial charge in [0.25, 0.3) is 0 Å². The first-order chi connectivity index (χ1) is 23.4. The van der Waals surface area contributed by atoms with Crippen molar-refractivity contribution in [3.05, 3.63) is 77.6 Å². The van der Waals surface area contributed by atoms with Crippen molar-refractivity contribution in [3.8, 4) is 11.1 Å². The topological polar surface area (TPSA) is 148 Å². The molecule has 2 amide bonds. The van der Waals surface area contributed by atoms with E-state index in [0.717, 1.165) is 23.3 Å². The Hall–Kier alpha value is -4.22. The number of benzene rings is 3. The maximum Gasteiger partial charge on any atom is 0.414 e. The fraction of sp³-hybridized carbons (Fsp3) is 0.394. The lowest BCUT2D eigenvalue weighted by molar-refractivity contribution is 0.0963. The van der Waals surface area contributed by atoms with Crippen LogP contribution in [0.15, 0.2) is 59.5 Å². The highest BCUT2D eigenvalue weighted by Crippen LogP contribution is 2.42. The summed E-state index contributed by atoms with van der Waals surface area (Å²) in [7, 11) is -6.70. The van der Waals surface area contributed by atoms with E-state index in [4.69, 9.17) is 14.6 Å². The van der Waals surface area contributed by atoms with Crippen LogP contribution in [0.2, 0.25) is 0 Å². The number of ether oxygens (including phenoxy) is 2. The van der Waals surface area contributed by atoms with Crippen LogP contribution < -0.4 is 9.80 Å². The minimum atomic E-state index is -3.38. The molecule has 2 atom stereocenters. The molecule has 3 heterocycles. The number of hydrogen-bond acceptors (Lipinski definition) is 9. The number of sulfone groups is 2. The van der Waals surface area contributed by atoms with E-state index >= 15 is 4.39 Å². The van der Waals surface area contributed by atoms with Crippen molar-refractivity contribution < 1.29 is 58.6 Å². The average Bonchev–Trinajstić information content (AvgIpc) is 3.64. The number of carbonyl (C=O) groups excluding carboxylic acids is 2. The number of nitrogens with zero attached hydrogens (tertiary/aromatic N) is 2. The maximum atomic E-state index is 15.0. The van der Waals surface area contributed by atoms with E-state index in [0.29, 0.717) is 17.7 Å². The molecule has 17 heteroatoms. The van der Waals surface area contributed by atoms with Gasteiger partial charge < -0.3 is 14.6 Å². The first-order valence-corrected chi connectivity index (χ1v) is 19.2. The van der Waals surface area contributed by atoms with Gasteiger partial charge in [-0.2, -0.15) is 0 Å². The molecule has 3 fully saturated rings. The van der Waals surface area contributed by atoms with Gasteiger partial charge in [-0.1, -0.05) is 19.1 Å². The second-order valence-corrected chi connectivity index (χ2v) is 16.5. The summed E-state index contributed by atoms with van der Waals surface area (Å²) in [4.78, 5) is 26.1. The van der Waals surface area contributed by atoms with Crippen molar-refractivity contribution in [2.45, 2.75) is 49.0 Å². The number of amides is 2.